The standard InChI is InChI=1S/C52H33NS/c1-2-11-35(12-3-1)42-15-6-8-18-48(42)53(49-19-10-14-39-32-47-45-17-7-9-20-50(45)54-51(47)33-46(39)49)41-28-25-34(26-29-41)38-27-30-44-40(31-38)24-23-37-22-21-36-13-4-5-16-43(36)52(37)44/h1-33H. The van der Waals surface area contributed by atoms with Crippen LogP contribution < -0.4 is 4.90 Å². The Kier molecular flexibility index (Phi) is 7.11. The molecule has 252 valence electrons. The third-order valence-electron chi connectivity index (χ3n) is 11.0. The highest BCUT2D eigenvalue weighted by molar-refractivity contribution is 7.25. The van der Waals surface area contributed by atoms with E-state index in [2.05, 4.69) is 205 Å². The molecule has 0 saturated carbocycles. The van der Waals surface area contributed by atoms with Gasteiger partial charge < -0.3 is 4.90 Å². The molecule has 0 bridgehead atoms. The van der Waals surface area contributed by atoms with Crippen molar-refractivity contribution in [2.45, 2.75) is 0 Å². The molecule has 1 heterocycles. The van der Waals surface area contributed by atoms with E-state index >= 15 is 0 Å². The normalized spacial score (nSPS) is 11.7. The van der Waals surface area contributed by atoms with E-state index in [1.807, 2.05) is 11.3 Å². The molecule has 0 saturated heterocycles. The summed E-state index contributed by atoms with van der Waals surface area (Å²) in [6, 6.07) is 73.5. The van der Waals surface area contributed by atoms with Crippen molar-refractivity contribution in [2.75, 3.05) is 4.90 Å². The van der Waals surface area contributed by atoms with Crippen molar-refractivity contribution >= 4 is 91.7 Å². The molecule has 0 amide bonds. The number of hydrogen-bond donors (Lipinski definition) is 0. The second kappa shape index (κ2) is 12.4. The summed E-state index contributed by atoms with van der Waals surface area (Å²) in [7, 11) is 0. The number of benzene rings is 10. The smallest absolute Gasteiger partial charge is 0.0540 e. The SMILES string of the molecule is c1ccc(-c2ccccc2N(c2ccc(-c3ccc4c(ccc5ccc6ccccc6c54)c3)cc2)c2cccc3cc4c(cc23)sc2ccccc24)cc1. The van der Waals surface area contributed by atoms with E-state index in [0.29, 0.717) is 0 Å². The van der Waals surface area contributed by atoms with Crippen molar-refractivity contribution in [3.63, 3.8) is 0 Å². The average Bonchev–Trinajstić information content (AvgIpc) is 3.61. The molecule has 0 atom stereocenters. The van der Waals surface area contributed by atoms with E-state index in [0.717, 1.165) is 17.1 Å². The quantitative estimate of drug-likeness (QED) is 0.161. The van der Waals surface area contributed by atoms with Gasteiger partial charge in [-0.3, -0.25) is 0 Å². The van der Waals surface area contributed by atoms with Crippen LogP contribution in [-0.4, -0.2) is 0 Å². The van der Waals surface area contributed by atoms with Crippen molar-refractivity contribution < 1.29 is 0 Å². The molecule has 1 nitrogen and oxygen atoms in total. The van der Waals surface area contributed by atoms with Crippen LogP contribution in [0.2, 0.25) is 0 Å². The zero-order valence-corrected chi connectivity index (χ0v) is 30.2. The highest BCUT2D eigenvalue weighted by Crippen LogP contribution is 2.46. The first kappa shape index (κ1) is 30.8. The fourth-order valence-corrected chi connectivity index (χ4v) is 9.56. The van der Waals surface area contributed by atoms with Gasteiger partial charge in [-0.2, -0.15) is 0 Å². The van der Waals surface area contributed by atoms with Gasteiger partial charge in [0.1, 0.15) is 0 Å². The fourth-order valence-electron chi connectivity index (χ4n) is 8.43. The van der Waals surface area contributed by atoms with Crippen molar-refractivity contribution in [3.05, 3.63) is 200 Å². The van der Waals surface area contributed by atoms with Gasteiger partial charge in [0.05, 0.1) is 11.4 Å². The van der Waals surface area contributed by atoms with Crippen molar-refractivity contribution in [2.24, 2.45) is 0 Å². The van der Waals surface area contributed by atoms with E-state index in [1.165, 1.54) is 85.5 Å². The fraction of sp³-hybridized carbons (Fsp3) is 0. The Balaban J connectivity index is 1.08. The summed E-state index contributed by atoms with van der Waals surface area (Å²) in [5, 5.41) is 12.8. The van der Waals surface area contributed by atoms with E-state index in [-0.39, 0.29) is 0 Å². The van der Waals surface area contributed by atoms with Crippen LogP contribution in [0.25, 0.3) is 85.5 Å². The molecule has 0 aliphatic carbocycles. The van der Waals surface area contributed by atoms with Gasteiger partial charge in [0, 0.05) is 36.8 Å². The maximum Gasteiger partial charge on any atom is 0.0540 e. The Labute approximate surface area is 317 Å². The molecule has 0 fully saturated rings. The Morgan fingerprint density at radius 3 is 1.85 bits per heavy atom. The van der Waals surface area contributed by atoms with Crippen LogP contribution in [-0.2, 0) is 0 Å². The first-order chi connectivity index (χ1) is 26.8. The van der Waals surface area contributed by atoms with Gasteiger partial charge in [-0.1, -0.05) is 152 Å². The molecule has 2 heteroatoms. The Bertz CT molecular complexity index is 3210. The summed E-state index contributed by atoms with van der Waals surface area (Å²) in [5.41, 5.74) is 8.21. The molecule has 1 aromatic heterocycles. The number of hydrogen-bond acceptors (Lipinski definition) is 2. The molecule has 0 aliphatic rings. The molecule has 0 spiro atoms. The molecule has 11 rings (SSSR count). The number of fused-ring (bicyclic) bond motifs is 9. The number of nitrogens with zero attached hydrogens (tertiary/aromatic N) is 1. The second-order valence-electron chi connectivity index (χ2n) is 14.1. The first-order valence-electron chi connectivity index (χ1n) is 18.5. The Hall–Kier alpha value is -6.74. The minimum atomic E-state index is 1.12. The molecule has 10 aromatic carbocycles. The molecule has 0 unspecified atom stereocenters. The third kappa shape index (κ3) is 4.99. The summed E-state index contributed by atoms with van der Waals surface area (Å²) < 4.78 is 2.63. The minimum absolute atomic E-state index is 1.12. The zero-order chi connectivity index (χ0) is 35.6. The first-order valence-corrected chi connectivity index (χ1v) is 19.3. The van der Waals surface area contributed by atoms with Crippen LogP contribution in [0.1, 0.15) is 0 Å². The molecule has 11 aromatic rings. The molecule has 54 heavy (non-hydrogen) atoms. The monoisotopic (exact) mass is 703 g/mol. The third-order valence-corrected chi connectivity index (χ3v) is 12.1. The maximum absolute atomic E-state index is 2.45. The van der Waals surface area contributed by atoms with E-state index in [4.69, 9.17) is 0 Å². The number of thiophene rings is 1. The molecular formula is C52H33NS. The molecule has 0 N–H and O–H groups in total. The van der Waals surface area contributed by atoms with Gasteiger partial charge in [-0.25, -0.2) is 0 Å². The van der Waals surface area contributed by atoms with Crippen LogP contribution >= 0.6 is 11.3 Å². The number of anilines is 3. The lowest BCUT2D eigenvalue weighted by atomic mass is 9.94. The summed E-state index contributed by atoms with van der Waals surface area (Å²) in [4.78, 5) is 2.45. The summed E-state index contributed by atoms with van der Waals surface area (Å²) in [6.07, 6.45) is 0. The summed E-state index contributed by atoms with van der Waals surface area (Å²) in [6.45, 7) is 0. The maximum atomic E-state index is 2.45. The lowest BCUT2D eigenvalue weighted by Gasteiger charge is -2.29. The second-order valence-corrected chi connectivity index (χ2v) is 15.2. The lowest BCUT2D eigenvalue weighted by molar-refractivity contribution is 1.30. The lowest BCUT2D eigenvalue weighted by Crippen LogP contribution is -2.11. The predicted molar refractivity (Wildman–Crippen MR) is 235 cm³/mol. The number of rotatable bonds is 5. The van der Waals surface area contributed by atoms with Gasteiger partial charge in [0.15, 0.2) is 0 Å². The van der Waals surface area contributed by atoms with Gasteiger partial charge in [-0.15, -0.1) is 11.3 Å². The Morgan fingerprint density at radius 1 is 0.315 bits per heavy atom. The van der Waals surface area contributed by atoms with Crippen LogP contribution in [0.4, 0.5) is 17.1 Å². The number of para-hydroxylation sites is 1. The molecule has 0 radical (unpaired) electrons. The summed E-state index contributed by atoms with van der Waals surface area (Å²) >= 11 is 1.87. The zero-order valence-electron chi connectivity index (χ0n) is 29.4. The van der Waals surface area contributed by atoms with E-state index in [9.17, 15) is 0 Å². The highest BCUT2D eigenvalue weighted by Gasteiger charge is 2.20. The van der Waals surface area contributed by atoms with E-state index in [1.54, 1.807) is 0 Å². The van der Waals surface area contributed by atoms with Gasteiger partial charge >= 0.3 is 0 Å². The minimum Gasteiger partial charge on any atom is -0.309 e. The van der Waals surface area contributed by atoms with Crippen LogP contribution in [0.3, 0.4) is 0 Å². The van der Waals surface area contributed by atoms with Gasteiger partial charge in [0.2, 0.25) is 0 Å². The molecule has 0 aliphatic heterocycles. The highest BCUT2D eigenvalue weighted by atomic mass is 32.1. The van der Waals surface area contributed by atoms with Gasteiger partial charge in [-0.05, 0) is 103 Å². The van der Waals surface area contributed by atoms with Crippen molar-refractivity contribution in [3.8, 4) is 22.3 Å². The van der Waals surface area contributed by atoms with E-state index < -0.39 is 0 Å². The van der Waals surface area contributed by atoms with Crippen LogP contribution in [0, 0.1) is 0 Å². The average molecular weight is 704 g/mol. The van der Waals surface area contributed by atoms with Gasteiger partial charge in [0.25, 0.3) is 0 Å². The topological polar surface area (TPSA) is 3.24 Å². The van der Waals surface area contributed by atoms with Crippen molar-refractivity contribution in [1.29, 1.82) is 0 Å². The Morgan fingerprint density at radius 2 is 0.963 bits per heavy atom. The predicted octanol–water partition coefficient (Wildman–Crippen LogP) is 15.5. The van der Waals surface area contributed by atoms with Crippen LogP contribution in [0.5, 0.6) is 0 Å². The largest absolute Gasteiger partial charge is 0.309 e. The van der Waals surface area contributed by atoms with Crippen LogP contribution in [0.15, 0.2) is 200 Å². The molecular weight excluding hydrogens is 671 g/mol. The van der Waals surface area contributed by atoms with Crippen molar-refractivity contribution in [1.82, 2.24) is 0 Å². The summed E-state index contributed by atoms with van der Waals surface area (Å²) in [5.74, 6) is 0.